The number of hydrogen-bond donors (Lipinski definition) is 1. The van der Waals surface area contributed by atoms with Crippen molar-refractivity contribution in [1.29, 1.82) is 0 Å². The third-order valence-corrected chi connectivity index (χ3v) is 4.27. The van der Waals surface area contributed by atoms with E-state index in [2.05, 4.69) is 15.3 Å². The van der Waals surface area contributed by atoms with Gasteiger partial charge >= 0.3 is 10.2 Å². The first-order chi connectivity index (χ1) is 10.5. The fraction of sp³-hybridized carbons (Fsp3) is 0.0769. The minimum atomic E-state index is -9.69. The Morgan fingerprint density at radius 1 is 1.04 bits per heavy atom. The van der Waals surface area contributed by atoms with E-state index < -0.39 is 15.1 Å². The molecule has 0 fully saturated rings. The van der Waals surface area contributed by atoms with Crippen LogP contribution in [0.25, 0.3) is 11.1 Å². The van der Waals surface area contributed by atoms with Gasteiger partial charge in [-0.1, -0.05) is 31.6 Å². The van der Waals surface area contributed by atoms with Crippen LogP contribution in [0.15, 0.2) is 53.8 Å². The van der Waals surface area contributed by atoms with E-state index in [1.165, 1.54) is 23.1 Å². The lowest BCUT2D eigenvalue weighted by Crippen LogP contribution is -2.05. The molecule has 2 heterocycles. The Morgan fingerprint density at radius 2 is 1.83 bits per heavy atom. The molecule has 0 amide bonds. The number of benzene rings is 1. The number of H-pyrrole nitrogens is 1. The van der Waals surface area contributed by atoms with Crippen LogP contribution in [0.2, 0.25) is 0 Å². The Kier molecular flexibility index (Phi) is 2.93. The zero-order valence-corrected chi connectivity index (χ0v) is 12.3. The molecular formula is C13H11F5N4S. The molecule has 1 N–H and O–H groups in total. The van der Waals surface area contributed by atoms with E-state index in [1.54, 1.807) is 12.3 Å². The van der Waals surface area contributed by atoms with Crippen LogP contribution in [0.1, 0.15) is 5.69 Å². The molecule has 0 saturated heterocycles. The Bertz CT molecular complexity index is 839. The van der Waals surface area contributed by atoms with Gasteiger partial charge in [0.1, 0.15) is 4.90 Å². The summed E-state index contributed by atoms with van der Waals surface area (Å²) < 4.78 is 65.8. The molecular weight excluding hydrogens is 339 g/mol. The van der Waals surface area contributed by atoms with E-state index in [1.807, 2.05) is 0 Å². The highest BCUT2D eigenvalue weighted by Gasteiger charge is 2.65. The minimum Gasteiger partial charge on any atom is -0.285 e. The van der Waals surface area contributed by atoms with E-state index in [0.717, 1.165) is 6.07 Å². The van der Waals surface area contributed by atoms with Gasteiger partial charge < -0.3 is 0 Å². The van der Waals surface area contributed by atoms with Crippen molar-refractivity contribution in [2.24, 2.45) is 0 Å². The summed E-state index contributed by atoms with van der Waals surface area (Å²) >= 11 is 0. The third-order valence-electron chi connectivity index (χ3n) is 3.13. The van der Waals surface area contributed by atoms with Crippen molar-refractivity contribution in [2.75, 3.05) is 0 Å². The lowest BCUT2D eigenvalue weighted by Gasteiger charge is -2.40. The average molecular weight is 350 g/mol. The first kappa shape index (κ1) is 15.5. The van der Waals surface area contributed by atoms with Gasteiger partial charge in [-0.25, -0.2) is 0 Å². The molecule has 0 aliphatic rings. The Labute approximate surface area is 127 Å². The molecule has 3 aromatic rings. The molecule has 4 nitrogen and oxygen atoms in total. The predicted octanol–water partition coefficient (Wildman–Crippen LogP) is 4.98. The number of hydrogen-bond acceptors (Lipinski definition) is 2. The molecule has 0 aliphatic carbocycles. The third kappa shape index (κ3) is 3.52. The smallest absolute Gasteiger partial charge is 0.285 e. The molecule has 0 atom stereocenters. The molecule has 124 valence electrons. The van der Waals surface area contributed by atoms with E-state index in [9.17, 15) is 19.4 Å². The number of nitrogens with zero attached hydrogens (tertiary/aromatic N) is 3. The van der Waals surface area contributed by atoms with Crippen LogP contribution in [-0.2, 0) is 6.54 Å². The van der Waals surface area contributed by atoms with Crippen molar-refractivity contribution in [3.63, 3.8) is 0 Å². The van der Waals surface area contributed by atoms with Gasteiger partial charge in [0, 0.05) is 18.0 Å². The fourth-order valence-corrected chi connectivity index (χ4v) is 2.75. The molecule has 10 heteroatoms. The highest BCUT2D eigenvalue weighted by molar-refractivity contribution is 8.45. The van der Waals surface area contributed by atoms with Gasteiger partial charge in [0.25, 0.3) is 0 Å². The van der Waals surface area contributed by atoms with E-state index in [4.69, 9.17) is 0 Å². The molecule has 0 spiro atoms. The molecule has 0 saturated carbocycles. The zero-order valence-electron chi connectivity index (χ0n) is 11.5. The number of nitrogens with one attached hydrogen (secondary N) is 1. The molecule has 23 heavy (non-hydrogen) atoms. The highest BCUT2D eigenvalue weighted by Crippen LogP contribution is 3.02. The average Bonchev–Trinajstić information content (AvgIpc) is 3.08. The minimum absolute atomic E-state index is 0.0176. The summed E-state index contributed by atoms with van der Waals surface area (Å²) in [6.07, 6.45) is 4.41. The molecule has 0 aliphatic heterocycles. The maximum absolute atomic E-state index is 12.9. The summed E-state index contributed by atoms with van der Waals surface area (Å²) in [4.78, 5) is -1.91. The number of aromatic nitrogens is 4. The second-order valence-corrected chi connectivity index (χ2v) is 7.40. The first-order valence-electron chi connectivity index (χ1n) is 6.37. The van der Waals surface area contributed by atoms with Gasteiger partial charge in [-0.05, 0) is 23.8 Å². The van der Waals surface area contributed by atoms with Gasteiger partial charge in [-0.2, -0.15) is 10.2 Å². The monoisotopic (exact) mass is 350 g/mol. The zero-order chi connectivity index (χ0) is 16.8. The lowest BCUT2D eigenvalue weighted by molar-refractivity contribution is 0.364. The van der Waals surface area contributed by atoms with Crippen LogP contribution in [0.3, 0.4) is 0 Å². The van der Waals surface area contributed by atoms with E-state index in [0.29, 0.717) is 29.9 Å². The van der Waals surface area contributed by atoms with E-state index in [-0.39, 0.29) is 5.56 Å². The molecule has 3 rings (SSSR count). The maximum atomic E-state index is 12.9. The van der Waals surface area contributed by atoms with Crippen molar-refractivity contribution in [2.45, 2.75) is 11.4 Å². The van der Waals surface area contributed by atoms with Crippen molar-refractivity contribution in [1.82, 2.24) is 20.0 Å². The predicted molar refractivity (Wildman–Crippen MR) is 76.7 cm³/mol. The standard InChI is InChI=1S/C13H11F5N4S/c14-23(15,16,17,18)13-3-1-2-10(6-13)11-7-20-22(8-11)9-12-4-5-19-21-12/h1-8H,9H2,(H,19,21). The highest BCUT2D eigenvalue weighted by atomic mass is 32.5. The number of aromatic amines is 1. The summed E-state index contributed by atoms with van der Waals surface area (Å²) in [5, 5.41) is 10.6. The molecule has 0 unspecified atom stereocenters. The van der Waals surface area contributed by atoms with Crippen LogP contribution in [0, 0.1) is 0 Å². The van der Waals surface area contributed by atoms with Gasteiger partial charge in [0.15, 0.2) is 0 Å². The van der Waals surface area contributed by atoms with Gasteiger partial charge in [-0.15, -0.1) is 0 Å². The largest absolute Gasteiger partial charge is 0.310 e. The Morgan fingerprint density at radius 3 is 2.48 bits per heavy atom. The summed E-state index contributed by atoms with van der Waals surface area (Å²) in [5.74, 6) is 0. The van der Waals surface area contributed by atoms with Gasteiger partial charge in [-0.3, -0.25) is 9.78 Å². The Balaban J connectivity index is 1.93. The van der Waals surface area contributed by atoms with Crippen LogP contribution >= 0.6 is 10.2 Å². The quantitative estimate of drug-likeness (QED) is 0.675. The van der Waals surface area contributed by atoms with Crippen molar-refractivity contribution in [3.05, 3.63) is 54.6 Å². The van der Waals surface area contributed by atoms with Crippen LogP contribution in [0.5, 0.6) is 0 Å². The fourth-order valence-electron chi connectivity index (χ4n) is 2.06. The van der Waals surface area contributed by atoms with Crippen molar-refractivity contribution in [3.8, 4) is 11.1 Å². The summed E-state index contributed by atoms with van der Waals surface area (Å²) in [6.45, 7) is 0.310. The van der Waals surface area contributed by atoms with Gasteiger partial charge in [0.05, 0.1) is 18.4 Å². The van der Waals surface area contributed by atoms with Crippen molar-refractivity contribution < 1.29 is 19.4 Å². The van der Waals surface area contributed by atoms with Crippen LogP contribution in [-0.4, -0.2) is 20.0 Å². The summed E-state index contributed by atoms with van der Waals surface area (Å²) in [6, 6.07) is 4.81. The van der Waals surface area contributed by atoms with E-state index >= 15 is 0 Å². The van der Waals surface area contributed by atoms with Crippen LogP contribution < -0.4 is 0 Å². The second kappa shape index (κ2) is 4.34. The van der Waals surface area contributed by atoms with Gasteiger partial charge in [0.2, 0.25) is 0 Å². The maximum Gasteiger partial charge on any atom is 0.310 e. The molecule has 1 aromatic carbocycles. The summed E-state index contributed by atoms with van der Waals surface area (Å²) in [7, 11) is -9.69. The first-order valence-corrected chi connectivity index (χ1v) is 8.32. The van der Waals surface area contributed by atoms with Crippen molar-refractivity contribution >= 4 is 10.2 Å². The summed E-state index contributed by atoms with van der Waals surface area (Å²) in [5.41, 5.74) is 1.01. The second-order valence-electron chi connectivity index (χ2n) is 4.99. The molecule has 0 radical (unpaired) electrons. The lowest BCUT2D eigenvalue weighted by atomic mass is 10.1. The van der Waals surface area contributed by atoms with Crippen LogP contribution in [0.4, 0.5) is 19.4 Å². The molecule has 0 bridgehead atoms. The normalized spacial score (nSPS) is 15.2. The SMILES string of the molecule is FS(F)(F)(F)(F)c1cccc(-c2cnn(Cc3cc[nH]n3)c2)c1. The molecule has 2 aromatic heterocycles. The Hall–Kier alpha value is -2.36. The number of rotatable bonds is 4. The topological polar surface area (TPSA) is 46.5 Å². The number of halogens is 5.